The maximum atomic E-state index is 12.2. The number of hydrogen-bond acceptors (Lipinski definition) is 5. The van der Waals surface area contributed by atoms with Crippen LogP contribution in [-0.4, -0.2) is 28.1 Å². The molecule has 2 rings (SSSR count). The standard InChI is InChI=1S/C12H11BrN2O4S2/c1-20(16,17)11-8-9(5-6-10(11)13)21(18,19)15-12-4-2-3-7-14-12/h2-8H,1H3,(H,14,15). The van der Waals surface area contributed by atoms with E-state index in [-0.39, 0.29) is 15.6 Å². The van der Waals surface area contributed by atoms with Crippen molar-refractivity contribution in [2.45, 2.75) is 9.79 Å². The number of halogens is 1. The molecule has 0 bridgehead atoms. The second kappa shape index (κ2) is 5.74. The van der Waals surface area contributed by atoms with E-state index in [4.69, 9.17) is 0 Å². The van der Waals surface area contributed by atoms with E-state index in [2.05, 4.69) is 25.6 Å². The minimum Gasteiger partial charge on any atom is -0.263 e. The van der Waals surface area contributed by atoms with Crippen molar-refractivity contribution in [3.63, 3.8) is 0 Å². The Balaban J connectivity index is 2.47. The molecule has 0 aliphatic carbocycles. The summed E-state index contributed by atoms with van der Waals surface area (Å²) in [7, 11) is -7.45. The number of sulfone groups is 1. The third-order valence-electron chi connectivity index (χ3n) is 2.52. The molecule has 0 saturated carbocycles. The van der Waals surface area contributed by atoms with Crippen LogP contribution in [0.2, 0.25) is 0 Å². The van der Waals surface area contributed by atoms with E-state index in [0.29, 0.717) is 4.47 Å². The lowest BCUT2D eigenvalue weighted by Crippen LogP contribution is -2.14. The van der Waals surface area contributed by atoms with Crippen LogP contribution in [0.25, 0.3) is 0 Å². The van der Waals surface area contributed by atoms with Crippen molar-refractivity contribution in [2.75, 3.05) is 11.0 Å². The highest BCUT2D eigenvalue weighted by Crippen LogP contribution is 2.26. The van der Waals surface area contributed by atoms with Crippen LogP contribution in [0.3, 0.4) is 0 Å². The molecule has 0 fully saturated rings. The van der Waals surface area contributed by atoms with Gasteiger partial charge < -0.3 is 0 Å². The van der Waals surface area contributed by atoms with Crippen LogP contribution in [0, 0.1) is 0 Å². The SMILES string of the molecule is CS(=O)(=O)c1cc(S(=O)(=O)Nc2ccccn2)ccc1Br. The maximum Gasteiger partial charge on any atom is 0.263 e. The topological polar surface area (TPSA) is 93.2 Å². The van der Waals surface area contributed by atoms with Gasteiger partial charge in [-0.25, -0.2) is 21.8 Å². The van der Waals surface area contributed by atoms with E-state index in [1.165, 1.54) is 24.4 Å². The molecule has 0 saturated heterocycles. The molecule has 1 aromatic heterocycles. The second-order valence-corrected chi connectivity index (χ2v) is 8.71. The molecule has 9 heteroatoms. The fraction of sp³-hybridized carbons (Fsp3) is 0.0833. The number of hydrogen-bond donors (Lipinski definition) is 1. The molecule has 0 aliphatic rings. The fourth-order valence-electron chi connectivity index (χ4n) is 1.55. The monoisotopic (exact) mass is 390 g/mol. The molecule has 0 atom stereocenters. The molecule has 1 aromatic carbocycles. The highest BCUT2D eigenvalue weighted by atomic mass is 79.9. The number of aromatic nitrogens is 1. The Labute approximate surface area is 131 Å². The first-order valence-electron chi connectivity index (χ1n) is 5.63. The van der Waals surface area contributed by atoms with Gasteiger partial charge in [0.25, 0.3) is 10.0 Å². The summed E-state index contributed by atoms with van der Waals surface area (Å²) in [5.74, 6) is 0.154. The number of sulfonamides is 1. The third kappa shape index (κ3) is 3.80. The van der Waals surface area contributed by atoms with Gasteiger partial charge in [-0.3, -0.25) is 4.72 Å². The smallest absolute Gasteiger partial charge is 0.263 e. The minimum absolute atomic E-state index is 0.0913. The molecule has 0 amide bonds. The van der Waals surface area contributed by atoms with Gasteiger partial charge in [0.2, 0.25) is 0 Å². The summed E-state index contributed by atoms with van der Waals surface area (Å²) < 4.78 is 50.3. The van der Waals surface area contributed by atoms with Gasteiger partial charge in [-0.1, -0.05) is 6.07 Å². The van der Waals surface area contributed by atoms with E-state index < -0.39 is 19.9 Å². The van der Waals surface area contributed by atoms with Crippen LogP contribution in [0.1, 0.15) is 0 Å². The predicted octanol–water partition coefficient (Wildman–Crippen LogP) is 2.05. The summed E-state index contributed by atoms with van der Waals surface area (Å²) in [6.45, 7) is 0. The third-order valence-corrected chi connectivity index (χ3v) is 5.96. The molecule has 0 radical (unpaired) electrons. The van der Waals surface area contributed by atoms with Crippen LogP contribution >= 0.6 is 15.9 Å². The maximum absolute atomic E-state index is 12.2. The predicted molar refractivity (Wildman–Crippen MR) is 82.3 cm³/mol. The van der Waals surface area contributed by atoms with Crippen LogP contribution < -0.4 is 4.72 Å². The average molecular weight is 391 g/mol. The number of anilines is 1. The summed E-state index contributed by atoms with van der Waals surface area (Å²) in [5, 5.41) is 0. The molecule has 0 spiro atoms. The lowest BCUT2D eigenvalue weighted by molar-refractivity contribution is 0.599. The van der Waals surface area contributed by atoms with Crippen molar-refractivity contribution in [1.29, 1.82) is 0 Å². The van der Waals surface area contributed by atoms with Crippen LogP contribution in [0.4, 0.5) is 5.82 Å². The molecule has 0 aliphatic heterocycles. The average Bonchev–Trinajstić information content (AvgIpc) is 2.38. The van der Waals surface area contributed by atoms with Gasteiger partial charge in [0.05, 0.1) is 9.79 Å². The van der Waals surface area contributed by atoms with Gasteiger partial charge in [0.1, 0.15) is 5.82 Å². The number of nitrogens with zero attached hydrogens (tertiary/aromatic N) is 1. The highest BCUT2D eigenvalue weighted by Gasteiger charge is 2.20. The van der Waals surface area contributed by atoms with Crippen molar-refractivity contribution in [3.05, 3.63) is 47.1 Å². The lowest BCUT2D eigenvalue weighted by atomic mass is 10.4. The molecule has 21 heavy (non-hydrogen) atoms. The number of pyridine rings is 1. The van der Waals surface area contributed by atoms with Crippen molar-refractivity contribution >= 4 is 41.6 Å². The number of benzene rings is 1. The zero-order valence-corrected chi connectivity index (χ0v) is 14.0. The summed E-state index contributed by atoms with van der Waals surface area (Å²) in [5.41, 5.74) is 0. The molecule has 1 N–H and O–H groups in total. The van der Waals surface area contributed by atoms with E-state index in [1.807, 2.05) is 0 Å². The first-order valence-corrected chi connectivity index (χ1v) is 9.80. The number of rotatable bonds is 4. The van der Waals surface area contributed by atoms with Crippen LogP contribution in [0.15, 0.2) is 56.9 Å². The van der Waals surface area contributed by atoms with Gasteiger partial charge >= 0.3 is 0 Å². The Kier molecular flexibility index (Phi) is 4.35. The Morgan fingerprint density at radius 2 is 1.81 bits per heavy atom. The first kappa shape index (κ1) is 15.9. The van der Waals surface area contributed by atoms with E-state index in [1.54, 1.807) is 12.1 Å². The van der Waals surface area contributed by atoms with Crippen LogP contribution in [0.5, 0.6) is 0 Å². The zero-order valence-electron chi connectivity index (χ0n) is 10.8. The summed E-state index contributed by atoms with van der Waals surface area (Å²) in [6.07, 6.45) is 2.46. The van der Waals surface area contributed by atoms with Gasteiger partial charge in [-0.2, -0.15) is 0 Å². The summed E-state index contributed by atoms with van der Waals surface area (Å²) in [6, 6.07) is 8.57. The molecular formula is C12H11BrN2O4S2. The Hall–Kier alpha value is -1.45. The molecule has 1 heterocycles. The minimum atomic E-state index is -3.91. The summed E-state index contributed by atoms with van der Waals surface area (Å²) >= 11 is 3.09. The quantitative estimate of drug-likeness (QED) is 0.861. The lowest BCUT2D eigenvalue weighted by Gasteiger charge is -2.09. The highest BCUT2D eigenvalue weighted by molar-refractivity contribution is 9.10. The Bertz CT molecular complexity index is 865. The molecule has 2 aromatic rings. The van der Waals surface area contributed by atoms with Crippen molar-refractivity contribution < 1.29 is 16.8 Å². The van der Waals surface area contributed by atoms with Gasteiger partial charge in [-0.15, -0.1) is 0 Å². The van der Waals surface area contributed by atoms with Crippen molar-refractivity contribution in [3.8, 4) is 0 Å². The van der Waals surface area contributed by atoms with E-state index in [0.717, 1.165) is 12.3 Å². The summed E-state index contributed by atoms with van der Waals surface area (Å²) in [4.78, 5) is 3.61. The molecule has 6 nitrogen and oxygen atoms in total. The van der Waals surface area contributed by atoms with E-state index in [9.17, 15) is 16.8 Å². The van der Waals surface area contributed by atoms with Gasteiger partial charge in [0, 0.05) is 16.9 Å². The zero-order chi connectivity index (χ0) is 15.7. The van der Waals surface area contributed by atoms with Gasteiger partial charge in [-0.05, 0) is 46.3 Å². The molecule has 112 valence electrons. The first-order chi connectivity index (χ1) is 9.70. The van der Waals surface area contributed by atoms with Crippen molar-refractivity contribution in [2.24, 2.45) is 0 Å². The van der Waals surface area contributed by atoms with E-state index >= 15 is 0 Å². The largest absolute Gasteiger partial charge is 0.263 e. The van der Waals surface area contributed by atoms with Gasteiger partial charge in [0.15, 0.2) is 9.84 Å². The molecular weight excluding hydrogens is 380 g/mol. The molecule has 0 unspecified atom stereocenters. The number of nitrogens with one attached hydrogen (secondary N) is 1. The Morgan fingerprint density at radius 3 is 2.38 bits per heavy atom. The van der Waals surface area contributed by atoms with Crippen LogP contribution in [-0.2, 0) is 19.9 Å². The Morgan fingerprint density at radius 1 is 1.10 bits per heavy atom. The van der Waals surface area contributed by atoms with Crippen molar-refractivity contribution in [1.82, 2.24) is 4.98 Å². The fourth-order valence-corrected chi connectivity index (χ4v) is 4.56. The second-order valence-electron chi connectivity index (χ2n) is 4.18. The normalized spacial score (nSPS) is 12.1.